The van der Waals surface area contributed by atoms with Crippen LogP contribution in [-0.4, -0.2) is 51.6 Å². The highest BCUT2D eigenvalue weighted by Gasteiger charge is 2.11. The highest BCUT2D eigenvalue weighted by Crippen LogP contribution is 2.26. The molecule has 0 amide bonds. The maximum atomic E-state index is 10.7. The third kappa shape index (κ3) is 6.16. The molecule has 0 radical (unpaired) electrons. The third-order valence-corrected chi connectivity index (χ3v) is 3.10. The fraction of sp³-hybridized carbons (Fsp3) is 0.400. The van der Waals surface area contributed by atoms with Crippen molar-refractivity contribution in [2.24, 2.45) is 0 Å². The normalized spacial score (nSPS) is 11.0. The van der Waals surface area contributed by atoms with Crippen LogP contribution in [0, 0.1) is 0 Å². The molecule has 0 spiro atoms. The summed E-state index contributed by atoms with van der Waals surface area (Å²) in [6.07, 6.45) is 2.66. The van der Waals surface area contributed by atoms with E-state index in [-0.39, 0.29) is 0 Å². The van der Waals surface area contributed by atoms with Crippen molar-refractivity contribution >= 4 is 29.3 Å². The number of carbonyl (C=O) groups is 1. The van der Waals surface area contributed by atoms with Crippen molar-refractivity contribution in [3.63, 3.8) is 0 Å². The molecule has 1 aromatic carbocycles. The number of methoxy groups -OCH3 is 2. The fourth-order valence-electron chi connectivity index (χ4n) is 1.85. The standard InChI is InChI=1S/C15H20ClNO4/c1-20-9-7-17(8-10-21-2)14-11-13(16)5-3-12(14)4-6-15(18)19/h3-6,11H,7-10H2,1-2H3,(H,18,19)/b6-4+. The first-order valence-electron chi connectivity index (χ1n) is 6.52. The van der Waals surface area contributed by atoms with Gasteiger partial charge in [0.15, 0.2) is 0 Å². The molecule has 116 valence electrons. The minimum atomic E-state index is -0.990. The maximum absolute atomic E-state index is 10.7. The van der Waals surface area contributed by atoms with E-state index >= 15 is 0 Å². The van der Waals surface area contributed by atoms with Gasteiger partial charge in [0.25, 0.3) is 0 Å². The molecular weight excluding hydrogens is 294 g/mol. The van der Waals surface area contributed by atoms with Gasteiger partial charge in [-0.1, -0.05) is 17.7 Å². The average Bonchev–Trinajstić information content (AvgIpc) is 2.46. The summed E-state index contributed by atoms with van der Waals surface area (Å²) in [7, 11) is 3.27. The second kappa shape index (κ2) is 9.39. The van der Waals surface area contributed by atoms with E-state index in [1.54, 1.807) is 32.4 Å². The van der Waals surface area contributed by atoms with Gasteiger partial charge in [0, 0.05) is 44.1 Å². The van der Waals surface area contributed by atoms with E-state index in [1.165, 1.54) is 0 Å². The number of anilines is 1. The molecule has 0 bridgehead atoms. The number of hydrogen-bond donors (Lipinski definition) is 1. The second-order valence-electron chi connectivity index (χ2n) is 4.35. The van der Waals surface area contributed by atoms with Crippen molar-refractivity contribution in [3.05, 3.63) is 34.9 Å². The van der Waals surface area contributed by atoms with Crippen LogP contribution in [0.3, 0.4) is 0 Å². The van der Waals surface area contributed by atoms with Crippen LogP contribution in [0.15, 0.2) is 24.3 Å². The Morgan fingerprint density at radius 3 is 2.43 bits per heavy atom. The first kappa shape index (κ1) is 17.5. The van der Waals surface area contributed by atoms with Gasteiger partial charge in [-0.05, 0) is 23.8 Å². The summed E-state index contributed by atoms with van der Waals surface area (Å²) >= 11 is 6.06. The van der Waals surface area contributed by atoms with Crippen LogP contribution in [0.5, 0.6) is 0 Å². The largest absolute Gasteiger partial charge is 0.478 e. The highest BCUT2D eigenvalue weighted by molar-refractivity contribution is 6.31. The molecule has 0 aliphatic carbocycles. The van der Waals surface area contributed by atoms with Gasteiger partial charge in [0.1, 0.15) is 0 Å². The molecule has 6 heteroatoms. The first-order valence-corrected chi connectivity index (χ1v) is 6.89. The Kier molecular flexibility index (Phi) is 7.82. The van der Waals surface area contributed by atoms with E-state index in [0.29, 0.717) is 31.3 Å². The summed E-state index contributed by atoms with van der Waals surface area (Å²) in [4.78, 5) is 12.8. The third-order valence-electron chi connectivity index (χ3n) is 2.87. The van der Waals surface area contributed by atoms with Gasteiger partial charge in [0.2, 0.25) is 0 Å². The van der Waals surface area contributed by atoms with Crippen molar-refractivity contribution in [3.8, 4) is 0 Å². The quantitative estimate of drug-likeness (QED) is 0.710. The minimum Gasteiger partial charge on any atom is -0.478 e. The molecule has 0 atom stereocenters. The van der Waals surface area contributed by atoms with Crippen molar-refractivity contribution in [2.45, 2.75) is 0 Å². The lowest BCUT2D eigenvalue weighted by molar-refractivity contribution is -0.131. The van der Waals surface area contributed by atoms with E-state index < -0.39 is 5.97 Å². The predicted molar refractivity (Wildman–Crippen MR) is 84.1 cm³/mol. The number of halogens is 1. The Labute approximate surface area is 129 Å². The summed E-state index contributed by atoms with van der Waals surface area (Å²) in [5.74, 6) is -0.990. The summed E-state index contributed by atoms with van der Waals surface area (Å²) in [6.45, 7) is 2.43. The SMILES string of the molecule is COCCN(CCOC)c1cc(Cl)ccc1/C=C/C(=O)O. The number of benzene rings is 1. The van der Waals surface area contributed by atoms with Gasteiger partial charge in [-0.15, -0.1) is 0 Å². The van der Waals surface area contributed by atoms with E-state index in [9.17, 15) is 4.79 Å². The molecule has 0 saturated heterocycles. The van der Waals surface area contributed by atoms with Crippen LogP contribution in [0.25, 0.3) is 6.08 Å². The van der Waals surface area contributed by atoms with E-state index in [1.807, 2.05) is 6.07 Å². The summed E-state index contributed by atoms with van der Waals surface area (Å²) in [5.41, 5.74) is 1.64. The summed E-state index contributed by atoms with van der Waals surface area (Å²) in [5, 5.41) is 9.37. The molecule has 1 aromatic rings. The van der Waals surface area contributed by atoms with Gasteiger partial charge < -0.3 is 19.5 Å². The Morgan fingerprint density at radius 1 is 1.29 bits per heavy atom. The van der Waals surface area contributed by atoms with Gasteiger partial charge in [-0.2, -0.15) is 0 Å². The molecule has 0 fully saturated rings. The summed E-state index contributed by atoms with van der Waals surface area (Å²) in [6, 6.07) is 5.34. The number of carboxylic acids is 1. The van der Waals surface area contributed by atoms with Gasteiger partial charge in [-0.25, -0.2) is 4.79 Å². The Bertz CT molecular complexity index is 483. The lowest BCUT2D eigenvalue weighted by Gasteiger charge is -2.26. The number of ether oxygens (including phenoxy) is 2. The monoisotopic (exact) mass is 313 g/mol. The van der Waals surface area contributed by atoms with Crippen molar-refractivity contribution in [1.29, 1.82) is 0 Å². The second-order valence-corrected chi connectivity index (χ2v) is 4.78. The van der Waals surface area contributed by atoms with Gasteiger partial charge in [0.05, 0.1) is 13.2 Å². The van der Waals surface area contributed by atoms with Crippen LogP contribution < -0.4 is 4.90 Å². The number of aliphatic carboxylic acids is 1. The van der Waals surface area contributed by atoms with E-state index in [2.05, 4.69) is 4.90 Å². The molecule has 5 nitrogen and oxygen atoms in total. The number of carboxylic acid groups (broad SMARTS) is 1. The molecule has 1 N–H and O–H groups in total. The smallest absolute Gasteiger partial charge is 0.328 e. The van der Waals surface area contributed by atoms with Crippen molar-refractivity contribution in [2.75, 3.05) is 45.4 Å². The fourth-order valence-corrected chi connectivity index (χ4v) is 2.01. The predicted octanol–water partition coefficient (Wildman–Crippen LogP) is 2.54. The molecule has 21 heavy (non-hydrogen) atoms. The van der Waals surface area contributed by atoms with E-state index in [4.69, 9.17) is 26.2 Å². The van der Waals surface area contributed by atoms with Crippen LogP contribution in [-0.2, 0) is 14.3 Å². The molecular formula is C15H20ClNO4. The number of nitrogens with zero attached hydrogens (tertiary/aromatic N) is 1. The Balaban J connectivity index is 3.07. The maximum Gasteiger partial charge on any atom is 0.328 e. The molecule has 0 aromatic heterocycles. The van der Waals surface area contributed by atoms with Crippen LogP contribution in [0.2, 0.25) is 5.02 Å². The van der Waals surface area contributed by atoms with Crippen LogP contribution >= 0.6 is 11.6 Å². The Morgan fingerprint density at radius 2 is 1.90 bits per heavy atom. The Hall–Kier alpha value is -1.56. The number of hydrogen-bond acceptors (Lipinski definition) is 4. The van der Waals surface area contributed by atoms with Crippen LogP contribution in [0.4, 0.5) is 5.69 Å². The zero-order valence-electron chi connectivity index (χ0n) is 12.2. The average molecular weight is 314 g/mol. The lowest BCUT2D eigenvalue weighted by Crippen LogP contribution is -2.31. The van der Waals surface area contributed by atoms with Crippen LogP contribution in [0.1, 0.15) is 5.56 Å². The molecule has 0 aliphatic rings. The molecule has 1 rings (SSSR count). The van der Waals surface area contributed by atoms with Gasteiger partial charge in [-0.3, -0.25) is 0 Å². The lowest BCUT2D eigenvalue weighted by atomic mass is 10.1. The van der Waals surface area contributed by atoms with Crippen molar-refractivity contribution in [1.82, 2.24) is 0 Å². The minimum absolute atomic E-state index is 0.554. The summed E-state index contributed by atoms with van der Waals surface area (Å²) < 4.78 is 10.2. The van der Waals surface area contributed by atoms with E-state index in [0.717, 1.165) is 17.3 Å². The molecule has 0 aliphatic heterocycles. The zero-order chi connectivity index (χ0) is 15.7. The first-order chi connectivity index (χ1) is 10.1. The van der Waals surface area contributed by atoms with Gasteiger partial charge >= 0.3 is 5.97 Å². The van der Waals surface area contributed by atoms with Crippen molar-refractivity contribution < 1.29 is 19.4 Å². The molecule has 0 saturated carbocycles. The molecule has 0 unspecified atom stereocenters. The number of rotatable bonds is 9. The molecule has 0 heterocycles. The zero-order valence-corrected chi connectivity index (χ0v) is 13.0. The highest BCUT2D eigenvalue weighted by atomic mass is 35.5. The topological polar surface area (TPSA) is 59.0 Å².